The first-order valence-electron chi connectivity index (χ1n) is 9.93. The summed E-state index contributed by atoms with van der Waals surface area (Å²) in [6.45, 7) is 2.00. The molecule has 9 nitrogen and oxygen atoms in total. The average Bonchev–Trinajstić information content (AvgIpc) is 3.39. The molecule has 166 valence electrons. The van der Waals surface area contributed by atoms with Gasteiger partial charge in [-0.2, -0.15) is 10.2 Å². The Bertz CT molecular complexity index is 1040. The first-order chi connectivity index (χ1) is 14.9. The van der Waals surface area contributed by atoms with Crippen LogP contribution in [0, 0.1) is 0 Å². The van der Waals surface area contributed by atoms with Gasteiger partial charge in [-0.3, -0.25) is 9.48 Å². The number of carbonyl (C=O) groups excluding carboxylic acids is 2. The molecule has 3 aromatic heterocycles. The number of nitrogens with zero attached hydrogens (tertiary/aromatic N) is 6. The van der Waals surface area contributed by atoms with Crippen molar-refractivity contribution in [3.8, 4) is 0 Å². The van der Waals surface area contributed by atoms with E-state index in [4.69, 9.17) is 4.79 Å². The van der Waals surface area contributed by atoms with Gasteiger partial charge in [0.05, 0.1) is 17.9 Å². The van der Waals surface area contributed by atoms with Gasteiger partial charge in [-0.25, -0.2) is 18.3 Å². The lowest BCUT2D eigenvalue weighted by Crippen LogP contribution is -2.15. The summed E-state index contributed by atoms with van der Waals surface area (Å²) in [6.07, 6.45) is 6.88. The van der Waals surface area contributed by atoms with Crippen LogP contribution in [-0.4, -0.2) is 51.2 Å². The summed E-state index contributed by atoms with van der Waals surface area (Å²) in [5.41, 5.74) is 0.173. The highest BCUT2D eigenvalue weighted by atomic mass is 19.3. The van der Waals surface area contributed by atoms with E-state index >= 15 is 0 Å². The SMILES string of the molecule is C=O.CN(C)c1ccn2ncc(C(=O)Nc3cn(C4CCCCC4)nc3C(F)F)c2n1. The predicted molar refractivity (Wildman–Crippen MR) is 112 cm³/mol. The van der Waals surface area contributed by atoms with Gasteiger partial charge in [0.25, 0.3) is 12.3 Å². The second-order valence-corrected chi connectivity index (χ2v) is 7.46. The lowest BCUT2D eigenvalue weighted by Gasteiger charge is -2.21. The first kappa shape index (κ1) is 22.3. The summed E-state index contributed by atoms with van der Waals surface area (Å²) >= 11 is 0. The van der Waals surface area contributed by atoms with E-state index in [0.29, 0.717) is 11.5 Å². The van der Waals surface area contributed by atoms with Crippen LogP contribution in [0.15, 0.2) is 24.7 Å². The van der Waals surface area contributed by atoms with Gasteiger partial charge in [0, 0.05) is 26.5 Å². The predicted octanol–water partition coefficient (Wildman–Crippen LogP) is 3.50. The number of aromatic nitrogens is 5. The molecular formula is C20H25F2N7O2. The smallest absolute Gasteiger partial charge is 0.284 e. The lowest BCUT2D eigenvalue weighted by molar-refractivity contribution is -0.0980. The number of hydrogen-bond donors (Lipinski definition) is 1. The summed E-state index contributed by atoms with van der Waals surface area (Å²) in [5, 5.41) is 10.8. The van der Waals surface area contributed by atoms with Crippen molar-refractivity contribution in [1.82, 2.24) is 24.4 Å². The van der Waals surface area contributed by atoms with Crippen molar-refractivity contribution in [1.29, 1.82) is 0 Å². The number of anilines is 2. The molecular weight excluding hydrogens is 408 g/mol. The molecule has 1 fully saturated rings. The van der Waals surface area contributed by atoms with Crippen molar-refractivity contribution in [2.45, 2.75) is 44.6 Å². The maximum atomic E-state index is 13.5. The third-order valence-electron chi connectivity index (χ3n) is 5.22. The molecule has 1 aliphatic rings. The standard InChI is InChI=1S/C19H23F2N7O.CH2O/c1-26(2)15-8-9-27-18(24-15)13(10-22-27)19(29)23-14-11-28(25-16(14)17(20)21)12-6-4-3-5-7-12;1-2/h8-12,17H,3-7H2,1-2H3,(H,23,29);1H2. The molecule has 0 unspecified atom stereocenters. The maximum Gasteiger partial charge on any atom is 0.284 e. The van der Waals surface area contributed by atoms with Crippen molar-refractivity contribution in [2.75, 3.05) is 24.3 Å². The molecule has 31 heavy (non-hydrogen) atoms. The fraction of sp³-hybridized carbons (Fsp3) is 0.450. The van der Waals surface area contributed by atoms with Crippen LogP contribution >= 0.6 is 0 Å². The van der Waals surface area contributed by atoms with Gasteiger partial charge in [-0.1, -0.05) is 19.3 Å². The van der Waals surface area contributed by atoms with Crippen molar-refractivity contribution in [3.63, 3.8) is 0 Å². The molecule has 0 aliphatic heterocycles. The molecule has 0 bridgehead atoms. The molecule has 3 heterocycles. The number of halogens is 2. The summed E-state index contributed by atoms with van der Waals surface area (Å²) < 4.78 is 30.1. The molecule has 0 saturated heterocycles. The zero-order chi connectivity index (χ0) is 22.5. The van der Waals surface area contributed by atoms with E-state index in [2.05, 4.69) is 20.5 Å². The Morgan fingerprint density at radius 3 is 2.61 bits per heavy atom. The topological polar surface area (TPSA) is 97.4 Å². The highest BCUT2D eigenvalue weighted by Gasteiger charge is 2.25. The van der Waals surface area contributed by atoms with Crippen LogP contribution in [0.4, 0.5) is 20.3 Å². The zero-order valence-corrected chi connectivity index (χ0v) is 17.5. The second kappa shape index (κ2) is 9.63. The van der Waals surface area contributed by atoms with Crippen molar-refractivity contribution >= 4 is 29.8 Å². The number of hydrogen-bond acceptors (Lipinski definition) is 6. The van der Waals surface area contributed by atoms with E-state index in [1.165, 1.54) is 16.9 Å². The Kier molecular flexibility index (Phi) is 6.93. The third-order valence-corrected chi connectivity index (χ3v) is 5.22. The van der Waals surface area contributed by atoms with Crippen LogP contribution in [0.25, 0.3) is 5.65 Å². The van der Waals surface area contributed by atoms with Gasteiger partial charge < -0.3 is 15.0 Å². The average molecular weight is 433 g/mol. The molecule has 1 amide bonds. The summed E-state index contributed by atoms with van der Waals surface area (Å²) in [4.78, 5) is 27.1. The second-order valence-electron chi connectivity index (χ2n) is 7.46. The van der Waals surface area contributed by atoms with Crippen molar-refractivity contribution in [2.24, 2.45) is 0 Å². The number of carbonyl (C=O) groups is 2. The molecule has 4 rings (SSSR count). The summed E-state index contributed by atoms with van der Waals surface area (Å²) in [5.74, 6) is 0.110. The molecule has 0 spiro atoms. The third kappa shape index (κ3) is 4.70. The van der Waals surface area contributed by atoms with Crippen LogP contribution in [0.1, 0.15) is 60.6 Å². The minimum atomic E-state index is -2.78. The van der Waals surface area contributed by atoms with Crippen LogP contribution in [0.3, 0.4) is 0 Å². The maximum absolute atomic E-state index is 13.5. The largest absolute Gasteiger partial charge is 0.363 e. The monoisotopic (exact) mass is 433 g/mol. The summed E-state index contributed by atoms with van der Waals surface area (Å²) in [6, 6.07) is 1.86. The highest BCUT2D eigenvalue weighted by Crippen LogP contribution is 2.32. The first-order valence-corrected chi connectivity index (χ1v) is 9.93. The van der Waals surface area contributed by atoms with Gasteiger partial charge in [0.1, 0.15) is 18.2 Å². The number of amides is 1. The molecule has 11 heteroatoms. The van der Waals surface area contributed by atoms with Crippen LogP contribution in [0.5, 0.6) is 0 Å². The normalized spacial score (nSPS) is 14.4. The Morgan fingerprint density at radius 2 is 1.97 bits per heavy atom. The van der Waals surface area contributed by atoms with E-state index in [1.54, 1.807) is 21.8 Å². The van der Waals surface area contributed by atoms with Gasteiger partial charge in [-0.05, 0) is 18.9 Å². The van der Waals surface area contributed by atoms with E-state index in [1.807, 2.05) is 20.9 Å². The summed E-state index contributed by atoms with van der Waals surface area (Å²) in [7, 11) is 3.67. The van der Waals surface area contributed by atoms with Crippen LogP contribution < -0.4 is 10.2 Å². The van der Waals surface area contributed by atoms with Crippen LogP contribution in [-0.2, 0) is 4.79 Å². The Hall–Kier alpha value is -3.37. The highest BCUT2D eigenvalue weighted by molar-refractivity contribution is 6.08. The van der Waals surface area contributed by atoms with E-state index < -0.39 is 18.0 Å². The van der Waals surface area contributed by atoms with Gasteiger partial charge in [-0.15, -0.1) is 0 Å². The Morgan fingerprint density at radius 1 is 1.26 bits per heavy atom. The molecule has 0 aromatic carbocycles. The Labute approximate surface area is 178 Å². The number of fused-ring (bicyclic) bond motifs is 1. The number of alkyl halides is 2. The van der Waals surface area contributed by atoms with E-state index in [0.717, 1.165) is 32.1 Å². The minimum Gasteiger partial charge on any atom is -0.363 e. The fourth-order valence-corrected chi connectivity index (χ4v) is 3.65. The van der Waals surface area contributed by atoms with E-state index in [9.17, 15) is 13.6 Å². The van der Waals surface area contributed by atoms with Gasteiger partial charge >= 0.3 is 0 Å². The van der Waals surface area contributed by atoms with Gasteiger partial charge in [0.2, 0.25) is 0 Å². The van der Waals surface area contributed by atoms with Crippen molar-refractivity contribution < 1.29 is 18.4 Å². The molecule has 0 atom stereocenters. The van der Waals surface area contributed by atoms with Crippen LogP contribution in [0.2, 0.25) is 0 Å². The quantitative estimate of drug-likeness (QED) is 0.661. The number of rotatable bonds is 5. The van der Waals surface area contributed by atoms with E-state index in [-0.39, 0.29) is 17.3 Å². The van der Waals surface area contributed by atoms with Gasteiger partial charge in [0.15, 0.2) is 11.3 Å². The molecule has 0 radical (unpaired) electrons. The molecule has 1 saturated carbocycles. The minimum absolute atomic E-state index is 0.0266. The van der Waals surface area contributed by atoms with Crippen molar-refractivity contribution in [3.05, 3.63) is 35.9 Å². The molecule has 3 aromatic rings. The molecule has 1 N–H and O–H groups in total. The lowest BCUT2D eigenvalue weighted by atomic mass is 9.96. The molecule has 1 aliphatic carbocycles. The zero-order valence-electron chi connectivity index (χ0n) is 17.5. The number of nitrogens with one attached hydrogen (secondary N) is 1. The Balaban J connectivity index is 0.00000132. The fourth-order valence-electron chi connectivity index (χ4n) is 3.65.